The lowest BCUT2D eigenvalue weighted by atomic mass is 9.82. The zero-order chi connectivity index (χ0) is 20.1. The topological polar surface area (TPSA) is 60.5 Å². The summed E-state index contributed by atoms with van der Waals surface area (Å²) in [7, 11) is 0. The van der Waals surface area contributed by atoms with Gasteiger partial charge in [0.1, 0.15) is 5.75 Å². The number of ether oxygens (including phenoxy) is 1. The molecule has 1 amide bonds. The molecule has 4 heterocycles. The normalized spacial score (nSPS) is 19.7. The first kappa shape index (κ1) is 17.8. The number of furan rings is 1. The van der Waals surface area contributed by atoms with Gasteiger partial charge < -0.3 is 18.6 Å². The Morgan fingerprint density at radius 3 is 2.70 bits per heavy atom. The maximum Gasteiger partial charge on any atom is 0.289 e. The number of likely N-dealkylation sites (tertiary alicyclic amines) is 1. The number of carbonyl (C=O) groups excluding carboxylic acids is 1. The summed E-state index contributed by atoms with van der Waals surface area (Å²) in [5.74, 6) is 1.98. The van der Waals surface area contributed by atoms with Crippen molar-refractivity contribution in [1.29, 1.82) is 0 Å². The van der Waals surface area contributed by atoms with Gasteiger partial charge in [-0.3, -0.25) is 4.79 Å². The Bertz CT molecular complexity index is 1070. The summed E-state index contributed by atoms with van der Waals surface area (Å²) in [6.45, 7) is 2.27. The molecular weight excluding hydrogens is 378 g/mol. The molecule has 2 aromatic heterocycles. The van der Waals surface area contributed by atoms with Crippen LogP contribution in [0.3, 0.4) is 0 Å². The molecule has 1 saturated carbocycles. The van der Waals surface area contributed by atoms with E-state index in [4.69, 9.17) is 14.1 Å². The quantitative estimate of drug-likeness (QED) is 0.648. The van der Waals surface area contributed by atoms with Gasteiger partial charge in [0.25, 0.3) is 5.91 Å². The molecule has 0 bridgehead atoms. The van der Waals surface area contributed by atoms with Gasteiger partial charge in [-0.1, -0.05) is 18.6 Å². The zero-order valence-electron chi connectivity index (χ0n) is 16.9. The molecule has 6 rings (SSSR count). The Labute approximate surface area is 175 Å². The number of imidazole rings is 1. The fourth-order valence-electron chi connectivity index (χ4n) is 5.12. The molecule has 30 heavy (non-hydrogen) atoms. The number of amides is 1. The molecule has 154 valence electrons. The van der Waals surface area contributed by atoms with Crippen LogP contribution in [-0.4, -0.2) is 33.4 Å². The highest BCUT2D eigenvalue weighted by atomic mass is 16.5. The Kier molecular flexibility index (Phi) is 4.01. The zero-order valence-corrected chi connectivity index (χ0v) is 16.9. The monoisotopic (exact) mass is 403 g/mol. The van der Waals surface area contributed by atoms with E-state index in [2.05, 4.69) is 10.6 Å². The van der Waals surface area contributed by atoms with Crippen LogP contribution in [0.2, 0.25) is 0 Å². The highest BCUT2D eigenvalue weighted by Crippen LogP contribution is 2.49. The van der Waals surface area contributed by atoms with Crippen molar-refractivity contribution in [3.63, 3.8) is 0 Å². The number of hydrogen-bond acceptors (Lipinski definition) is 4. The van der Waals surface area contributed by atoms with E-state index in [1.807, 2.05) is 29.4 Å². The van der Waals surface area contributed by atoms with Gasteiger partial charge in [-0.2, -0.15) is 0 Å². The number of hydrogen-bond donors (Lipinski definition) is 0. The molecule has 1 aromatic carbocycles. The third kappa shape index (κ3) is 2.70. The highest BCUT2D eigenvalue weighted by molar-refractivity contribution is 5.91. The molecule has 1 spiro atoms. The largest absolute Gasteiger partial charge is 0.480 e. The fraction of sp³-hybridized carbons (Fsp3) is 0.417. The first-order valence-electron chi connectivity index (χ1n) is 10.9. The van der Waals surface area contributed by atoms with Gasteiger partial charge in [-0.05, 0) is 43.0 Å². The number of para-hydroxylation sites is 1. The van der Waals surface area contributed by atoms with Crippen LogP contribution in [0.4, 0.5) is 0 Å². The summed E-state index contributed by atoms with van der Waals surface area (Å²) in [4.78, 5) is 19.5. The van der Waals surface area contributed by atoms with Gasteiger partial charge in [0.2, 0.25) is 0 Å². The van der Waals surface area contributed by atoms with E-state index in [9.17, 15) is 4.79 Å². The van der Waals surface area contributed by atoms with Crippen molar-refractivity contribution in [3.05, 3.63) is 60.4 Å². The third-order valence-electron chi connectivity index (χ3n) is 6.99. The average molecular weight is 403 g/mol. The minimum absolute atomic E-state index is 0.0470. The summed E-state index contributed by atoms with van der Waals surface area (Å²) < 4.78 is 14.4. The van der Waals surface area contributed by atoms with Crippen LogP contribution in [0.5, 0.6) is 5.75 Å². The van der Waals surface area contributed by atoms with Crippen molar-refractivity contribution >= 4 is 5.91 Å². The molecule has 3 aromatic rings. The predicted molar refractivity (Wildman–Crippen MR) is 111 cm³/mol. The number of rotatable bonds is 3. The van der Waals surface area contributed by atoms with Gasteiger partial charge in [0.05, 0.1) is 24.0 Å². The van der Waals surface area contributed by atoms with Crippen LogP contribution in [-0.2, 0) is 12.1 Å². The highest BCUT2D eigenvalue weighted by Gasteiger charge is 2.47. The van der Waals surface area contributed by atoms with Crippen LogP contribution in [0.25, 0.3) is 11.3 Å². The molecule has 2 aliphatic heterocycles. The maximum absolute atomic E-state index is 12.8. The van der Waals surface area contributed by atoms with Gasteiger partial charge in [0.15, 0.2) is 11.4 Å². The van der Waals surface area contributed by atoms with E-state index in [-0.39, 0.29) is 5.91 Å². The maximum atomic E-state index is 12.8. The number of carbonyl (C=O) groups is 1. The standard InChI is InChI=1S/C24H25N3O3/c28-23(20-9-4-14-29-20)26-12-10-24(11-13-26)22-21(18-7-1-2-8-19(18)30-24)25-16-27(22)15-17-5-3-6-17/h1-2,4,7-9,14,16-17H,3,5-6,10-13,15H2. The molecule has 3 aliphatic rings. The summed E-state index contributed by atoms with van der Waals surface area (Å²) in [5.41, 5.74) is 2.86. The minimum atomic E-state index is -0.441. The predicted octanol–water partition coefficient (Wildman–Crippen LogP) is 4.47. The van der Waals surface area contributed by atoms with Gasteiger partial charge >= 0.3 is 0 Å². The lowest BCUT2D eigenvalue weighted by Gasteiger charge is -2.45. The lowest BCUT2D eigenvalue weighted by Crippen LogP contribution is -2.50. The average Bonchev–Trinajstić information content (AvgIpc) is 3.42. The first-order valence-corrected chi connectivity index (χ1v) is 10.9. The Morgan fingerprint density at radius 1 is 1.13 bits per heavy atom. The SMILES string of the molecule is O=C(c1ccco1)N1CCC2(CC1)Oc1ccccc1-c1ncn(CC3CCC3)c12. The van der Waals surface area contributed by atoms with Crippen LogP contribution in [0.15, 0.2) is 53.4 Å². The van der Waals surface area contributed by atoms with Crippen LogP contribution in [0.1, 0.15) is 48.4 Å². The second-order valence-corrected chi connectivity index (χ2v) is 8.75. The van der Waals surface area contributed by atoms with Crippen LogP contribution in [0, 0.1) is 5.92 Å². The molecule has 6 heteroatoms. The fourth-order valence-corrected chi connectivity index (χ4v) is 5.12. The molecule has 0 unspecified atom stereocenters. The van der Waals surface area contributed by atoms with E-state index in [1.54, 1.807) is 18.4 Å². The smallest absolute Gasteiger partial charge is 0.289 e. The molecule has 0 N–H and O–H groups in total. The van der Waals surface area contributed by atoms with E-state index in [0.29, 0.717) is 18.8 Å². The lowest BCUT2D eigenvalue weighted by molar-refractivity contribution is -0.00884. The van der Waals surface area contributed by atoms with Crippen molar-refractivity contribution in [2.45, 2.75) is 44.2 Å². The number of fused-ring (bicyclic) bond motifs is 4. The van der Waals surface area contributed by atoms with Crippen molar-refractivity contribution in [2.75, 3.05) is 13.1 Å². The first-order chi connectivity index (χ1) is 14.7. The Hall–Kier alpha value is -3.02. The molecule has 0 radical (unpaired) electrons. The summed E-state index contributed by atoms with van der Waals surface area (Å²) >= 11 is 0. The number of benzene rings is 1. The second-order valence-electron chi connectivity index (χ2n) is 8.75. The number of piperidine rings is 1. The molecular formula is C24H25N3O3. The molecule has 1 aliphatic carbocycles. The third-order valence-corrected chi connectivity index (χ3v) is 6.99. The van der Waals surface area contributed by atoms with Crippen LogP contribution < -0.4 is 4.74 Å². The molecule has 0 atom stereocenters. The summed E-state index contributed by atoms with van der Waals surface area (Å²) in [5, 5.41) is 0. The van der Waals surface area contributed by atoms with Crippen molar-refractivity contribution in [2.24, 2.45) is 5.92 Å². The number of nitrogens with zero attached hydrogens (tertiary/aromatic N) is 3. The van der Waals surface area contributed by atoms with Gasteiger partial charge in [-0.15, -0.1) is 0 Å². The van der Waals surface area contributed by atoms with Crippen molar-refractivity contribution < 1.29 is 13.9 Å². The second kappa shape index (κ2) is 6.76. The van der Waals surface area contributed by atoms with E-state index in [1.165, 1.54) is 25.0 Å². The van der Waals surface area contributed by atoms with E-state index >= 15 is 0 Å². The van der Waals surface area contributed by atoms with Crippen molar-refractivity contribution in [1.82, 2.24) is 14.5 Å². The van der Waals surface area contributed by atoms with Gasteiger partial charge in [-0.25, -0.2) is 4.98 Å². The minimum Gasteiger partial charge on any atom is -0.480 e. The molecule has 1 saturated heterocycles. The summed E-state index contributed by atoms with van der Waals surface area (Å²) in [6, 6.07) is 11.7. The van der Waals surface area contributed by atoms with Crippen LogP contribution >= 0.6 is 0 Å². The van der Waals surface area contributed by atoms with E-state index in [0.717, 1.165) is 42.3 Å². The Morgan fingerprint density at radius 2 is 1.97 bits per heavy atom. The Balaban J connectivity index is 1.34. The number of aromatic nitrogens is 2. The summed E-state index contributed by atoms with van der Waals surface area (Å²) in [6.07, 6.45) is 8.96. The van der Waals surface area contributed by atoms with Crippen molar-refractivity contribution in [3.8, 4) is 17.0 Å². The van der Waals surface area contributed by atoms with Gasteiger partial charge in [0, 0.05) is 38.0 Å². The van der Waals surface area contributed by atoms with E-state index < -0.39 is 5.60 Å². The molecule has 6 nitrogen and oxygen atoms in total. The molecule has 2 fully saturated rings.